The van der Waals surface area contributed by atoms with Crippen LogP contribution in [0.15, 0.2) is 0 Å². The maximum absolute atomic E-state index is 10.9. The van der Waals surface area contributed by atoms with Gasteiger partial charge in [-0.3, -0.25) is 4.79 Å². The van der Waals surface area contributed by atoms with Crippen LogP contribution < -0.4 is 11.5 Å². The summed E-state index contributed by atoms with van der Waals surface area (Å²) in [4.78, 5) is 10.9. The van der Waals surface area contributed by atoms with Crippen molar-refractivity contribution in [2.24, 2.45) is 11.5 Å². The van der Waals surface area contributed by atoms with E-state index in [1.165, 1.54) is 0 Å². The minimum Gasteiger partial charge on any atom is -0.384 e. The second-order valence-corrected chi connectivity index (χ2v) is 4.72. The Kier molecular flexibility index (Phi) is 6.96. The summed E-state index contributed by atoms with van der Waals surface area (Å²) in [6.07, 6.45) is 1.55. The number of thioether (sulfide) groups is 1. The Labute approximate surface area is 89.7 Å². The number of carbonyl (C=O) groups excluding carboxylic acids is 1. The van der Waals surface area contributed by atoms with Gasteiger partial charge in [0, 0.05) is 12.9 Å². The van der Waals surface area contributed by atoms with Gasteiger partial charge in [-0.1, -0.05) is 0 Å². The topological polar surface area (TPSA) is 78.3 Å². The molecule has 0 fully saturated rings. The molecule has 1 unspecified atom stereocenters. The number of hydrogen-bond acceptors (Lipinski definition) is 4. The predicted molar refractivity (Wildman–Crippen MR) is 60.2 cm³/mol. The molecule has 0 aromatic rings. The smallest absolute Gasteiger partial charge is 0.237 e. The molecule has 0 rings (SSSR count). The van der Waals surface area contributed by atoms with E-state index in [9.17, 15) is 4.79 Å². The second kappa shape index (κ2) is 7.09. The minimum absolute atomic E-state index is 0.431. The highest BCUT2D eigenvalue weighted by molar-refractivity contribution is 7.99. The van der Waals surface area contributed by atoms with E-state index in [4.69, 9.17) is 16.2 Å². The molecule has 0 aromatic heterocycles. The molecule has 5 heteroatoms. The molecule has 0 aliphatic heterocycles. The second-order valence-electron chi connectivity index (χ2n) is 3.49. The Bertz CT molecular complexity index is 174. The first-order valence-electron chi connectivity index (χ1n) is 4.66. The lowest BCUT2D eigenvalue weighted by atomic mass is 9.97. The summed E-state index contributed by atoms with van der Waals surface area (Å²) < 4.78 is 4.91. The number of ether oxygens (including phenoxy) is 1. The van der Waals surface area contributed by atoms with E-state index in [1.54, 1.807) is 25.8 Å². The summed E-state index contributed by atoms with van der Waals surface area (Å²) in [6, 6.07) is 0. The quantitative estimate of drug-likeness (QED) is 0.579. The maximum Gasteiger partial charge on any atom is 0.237 e. The summed E-state index contributed by atoms with van der Waals surface area (Å²) >= 11 is 1.80. The Morgan fingerprint density at radius 1 is 1.50 bits per heavy atom. The first kappa shape index (κ1) is 13.7. The van der Waals surface area contributed by atoms with Gasteiger partial charge in [-0.05, 0) is 25.5 Å². The number of hydrogen-bond donors (Lipinski definition) is 2. The van der Waals surface area contributed by atoms with Gasteiger partial charge < -0.3 is 16.2 Å². The van der Waals surface area contributed by atoms with Crippen molar-refractivity contribution in [1.29, 1.82) is 0 Å². The van der Waals surface area contributed by atoms with E-state index in [2.05, 4.69) is 0 Å². The van der Waals surface area contributed by atoms with Gasteiger partial charge in [0.15, 0.2) is 0 Å². The number of methoxy groups -OCH3 is 1. The first-order chi connectivity index (χ1) is 6.50. The Balaban J connectivity index is 3.40. The molecule has 4 nitrogen and oxygen atoms in total. The molecule has 1 amide bonds. The third-order valence-corrected chi connectivity index (χ3v) is 3.01. The SMILES string of the molecule is COCCSCCCC(C)(N)C(N)=O. The van der Waals surface area contributed by atoms with Crippen molar-refractivity contribution in [3.63, 3.8) is 0 Å². The summed E-state index contributed by atoms with van der Waals surface area (Å²) in [5.41, 5.74) is 9.97. The van der Waals surface area contributed by atoms with Gasteiger partial charge in [0.25, 0.3) is 0 Å². The average molecular weight is 220 g/mol. The van der Waals surface area contributed by atoms with Crippen LogP contribution in [0.3, 0.4) is 0 Å². The van der Waals surface area contributed by atoms with E-state index in [-0.39, 0.29) is 0 Å². The van der Waals surface area contributed by atoms with Gasteiger partial charge in [0.2, 0.25) is 5.91 Å². The maximum atomic E-state index is 10.9. The van der Waals surface area contributed by atoms with E-state index in [1.807, 2.05) is 0 Å². The van der Waals surface area contributed by atoms with E-state index in [0.717, 1.165) is 24.5 Å². The highest BCUT2D eigenvalue weighted by atomic mass is 32.2. The largest absolute Gasteiger partial charge is 0.384 e. The molecule has 0 aliphatic carbocycles. The number of nitrogens with two attached hydrogens (primary N) is 2. The Morgan fingerprint density at radius 3 is 2.64 bits per heavy atom. The fourth-order valence-electron chi connectivity index (χ4n) is 0.909. The number of carbonyl (C=O) groups is 1. The zero-order chi connectivity index (χ0) is 11.0. The van der Waals surface area contributed by atoms with Crippen LogP contribution in [0.1, 0.15) is 19.8 Å². The summed E-state index contributed by atoms with van der Waals surface area (Å²) in [6.45, 7) is 2.44. The van der Waals surface area contributed by atoms with Gasteiger partial charge >= 0.3 is 0 Å². The van der Waals surface area contributed by atoms with Crippen molar-refractivity contribution in [2.75, 3.05) is 25.2 Å². The molecule has 0 saturated carbocycles. The molecule has 0 heterocycles. The van der Waals surface area contributed by atoms with Crippen molar-refractivity contribution < 1.29 is 9.53 Å². The molecule has 0 aromatic carbocycles. The monoisotopic (exact) mass is 220 g/mol. The van der Waals surface area contributed by atoms with Crippen LogP contribution in [0.2, 0.25) is 0 Å². The van der Waals surface area contributed by atoms with Crippen LogP contribution in [0.25, 0.3) is 0 Å². The summed E-state index contributed by atoms with van der Waals surface area (Å²) in [7, 11) is 1.69. The highest BCUT2D eigenvalue weighted by Crippen LogP contribution is 2.11. The van der Waals surface area contributed by atoms with Gasteiger partial charge in [-0.15, -0.1) is 0 Å². The molecule has 1 atom stereocenters. The van der Waals surface area contributed by atoms with Crippen molar-refractivity contribution in [3.05, 3.63) is 0 Å². The molecule has 0 saturated heterocycles. The van der Waals surface area contributed by atoms with Gasteiger partial charge in [-0.2, -0.15) is 11.8 Å². The molecule has 14 heavy (non-hydrogen) atoms. The molecule has 4 N–H and O–H groups in total. The number of rotatable bonds is 8. The molecule has 0 radical (unpaired) electrons. The third-order valence-electron chi connectivity index (χ3n) is 1.98. The van der Waals surface area contributed by atoms with E-state index < -0.39 is 11.4 Å². The van der Waals surface area contributed by atoms with Crippen LogP contribution in [-0.4, -0.2) is 36.7 Å². The molecular formula is C9H20N2O2S. The van der Waals surface area contributed by atoms with Crippen LogP contribution >= 0.6 is 11.8 Å². The molecule has 0 aliphatic rings. The normalized spacial score (nSPS) is 15.1. The van der Waals surface area contributed by atoms with Gasteiger partial charge in [0.05, 0.1) is 12.1 Å². The summed E-state index contributed by atoms with van der Waals surface area (Å²) in [5, 5.41) is 0. The zero-order valence-corrected chi connectivity index (χ0v) is 9.73. The average Bonchev–Trinajstić information content (AvgIpc) is 2.10. The lowest BCUT2D eigenvalue weighted by Gasteiger charge is -2.19. The van der Waals surface area contributed by atoms with Crippen LogP contribution in [0, 0.1) is 0 Å². The zero-order valence-electron chi connectivity index (χ0n) is 8.91. The van der Waals surface area contributed by atoms with Crippen molar-refractivity contribution >= 4 is 17.7 Å². The third kappa shape index (κ3) is 6.23. The molecule has 0 bridgehead atoms. The predicted octanol–water partition coefficient (Wildman–Crippen LogP) is 0.349. The van der Waals surface area contributed by atoms with E-state index in [0.29, 0.717) is 6.42 Å². The Hall–Kier alpha value is -0.260. The van der Waals surface area contributed by atoms with Crippen molar-refractivity contribution in [1.82, 2.24) is 0 Å². The van der Waals surface area contributed by atoms with Gasteiger partial charge in [-0.25, -0.2) is 0 Å². The Morgan fingerprint density at radius 2 is 2.14 bits per heavy atom. The molecule has 84 valence electrons. The first-order valence-corrected chi connectivity index (χ1v) is 5.81. The van der Waals surface area contributed by atoms with Crippen molar-refractivity contribution in [2.45, 2.75) is 25.3 Å². The molecule has 0 spiro atoms. The van der Waals surface area contributed by atoms with Crippen LogP contribution in [0.4, 0.5) is 0 Å². The van der Waals surface area contributed by atoms with Crippen LogP contribution in [0.5, 0.6) is 0 Å². The standard InChI is InChI=1S/C9H20N2O2S/c1-9(11,8(10)12)4-3-6-14-7-5-13-2/h3-7,11H2,1-2H3,(H2,10,12). The van der Waals surface area contributed by atoms with Gasteiger partial charge in [0.1, 0.15) is 0 Å². The number of amides is 1. The minimum atomic E-state index is -0.859. The van der Waals surface area contributed by atoms with E-state index >= 15 is 0 Å². The lowest BCUT2D eigenvalue weighted by Crippen LogP contribution is -2.49. The van der Waals surface area contributed by atoms with Crippen molar-refractivity contribution in [3.8, 4) is 0 Å². The highest BCUT2D eigenvalue weighted by Gasteiger charge is 2.24. The van der Waals surface area contributed by atoms with Crippen LogP contribution in [-0.2, 0) is 9.53 Å². The fourth-order valence-corrected chi connectivity index (χ4v) is 1.75. The molecular weight excluding hydrogens is 200 g/mol. The summed E-state index contributed by atoms with van der Waals surface area (Å²) in [5.74, 6) is 1.54. The lowest BCUT2D eigenvalue weighted by molar-refractivity contribution is -0.122. The number of primary amides is 1. The fraction of sp³-hybridized carbons (Fsp3) is 0.889.